The second-order valence-electron chi connectivity index (χ2n) is 16.4. The van der Waals surface area contributed by atoms with Crippen molar-refractivity contribution >= 4 is 92.3 Å². The fourth-order valence-electron chi connectivity index (χ4n) is 9.86. The van der Waals surface area contributed by atoms with Gasteiger partial charge < -0.3 is 13.9 Å². The van der Waals surface area contributed by atoms with E-state index in [0.717, 1.165) is 55.8 Å². The highest BCUT2D eigenvalue weighted by molar-refractivity contribution is 7.26. The van der Waals surface area contributed by atoms with Gasteiger partial charge in [0.1, 0.15) is 11.2 Å². The van der Waals surface area contributed by atoms with Gasteiger partial charge in [0.2, 0.25) is 0 Å². The largest absolute Gasteiger partial charge is 0.455 e. The van der Waals surface area contributed by atoms with Gasteiger partial charge in [-0.05, 0) is 101 Å². The lowest BCUT2D eigenvalue weighted by Gasteiger charge is -2.27. The zero-order chi connectivity index (χ0) is 42.1. The number of hydrogen-bond donors (Lipinski definition) is 0. The Morgan fingerprint density at radius 3 is 1.72 bits per heavy atom. The fourth-order valence-corrected chi connectivity index (χ4v) is 11.1. The van der Waals surface area contributed by atoms with E-state index in [0.29, 0.717) is 0 Å². The molecular weight excluding hydrogens is 797 g/mol. The summed E-state index contributed by atoms with van der Waals surface area (Å²) in [5.41, 5.74) is 15.3. The van der Waals surface area contributed by atoms with Crippen LogP contribution in [-0.4, -0.2) is 4.57 Å². The van der Waals surface area contributed by atoms with Crippen molar-refractivity contribution in [3.05, 3.63) is 231 Å². The van der Waals surface area contributed by atoms with Gasteiger partial charge in [0.25, 0.3) is 0 Å². The highest BCUT2D eigenvalue weighted by Gasteiger charge is 2.23. The molecular formula is C60H38N2OS. The first-order valence-electron chi connectivity index (χ1n) is 21.7. The molecule has 0 spiro atoms. The van der Waals surface area contributed by atoms with Crippen molar-refractivity contribution in [2.45, 2.75) is 0 Å². The van der Waals surface area contributed by atoms with Gasteiger partial charge in [-0.25, -0.2) is 0 Å². The molecule has 10 aromatic carbocycles. The van der Waals surface area contributed by atoms with Gasteiger partial charge in [-0.15, -0.1) is 11.3 Å². The maximum atomic E-state index is 6.96. The van der Waals surface area contributed by atoms with E-state index in [4.69, 9.17) is 4.42 Å². The third kappa shape index (κ3) is 5.81. The zero-order valence-corrected chi connectivity index (χ0v) is 35.5. The molecule has 0 saturated carbocycles. The Balaban J connectivity index is 0.991. The van der Waals surface area contributed by atoms with Gasteiger partial charge in [0.15, 0.2) is 0 Å². The Hall–Kier alpha value is -8.18. The topological polar surface area (TPSA) is 21.3 Å². The first kappa shape index (κ1) is 36.5. The summed E-state index contributed by atoms with van der Waals surface area (Å²) in [6, 6.07) is 83.2. The van der Waals surface area contributed by atoms with E-state index in [-0.39, 0.29) is 0 Å². The normalized spacial score (nSPS) is 11.8. The average Bonchev–Trinajstić information content (AvgIpc) is 4.05. The summed E-state index contributed by atoms with van der Waals surface area (Å²) in [6.07, 6.45) is 0. The van der Waals surface area contributed by atoms with Gasteiger partial charge >= 0.3 is 0 Å². The third-order valence-electron chi connectivity index (χ3n) is 12.8. The van der Waals surface area contributed by atoms with E-state index in [1.807, 2.05) is 11.3 Å². The maximum absolute atomic E-state index is 6.96. The highest BCUT2D eigenvalue weighted by Crippen LogP contribution is 2.48. The number of anilines is 3. The van der Waals surface area contributed by atoms with Crippen LogP contribution in [0.1, 0.15) is 0 Å². The van der Waals surface area contributed by atoms with Crippen LogP contribution in [0.15, 0.2) is 235 Å². The molecule has 64 heavy (non-hydrogen) atoms. The van der Waals surface area contributed by atoms with Crippen LogP contribution in [0.3, 0.4) is 0 Å². The number of aromatic nitrogens is 1. The molecule has 0 radical (unpaired) electrons. The van der Waals surface area contributed by atoms with Crippen LogP contribution in [0.4, 0.5) is 17.1 Å². The Bertz CT molecular complexity index is 3840. The number of benzene rings is 10. The second-order valence-corrected chi connectivity index (χ2v) is 17.5. The summed E-state index contributed by atoms with van der Waals surface area (Å²) >= 11 is 1.87. The zero-order valence-electron chi connectivity index (χ0n) is 34.7. The summed E-state index contributed by atoms with van der Waals surface area (Å²) < 4.78 is 12.0. The molecule has 4 heteroatoms. The second kappa shape index (κ2) is 14.7. The van der Waals surface area contributed by atoms with Crippen molar-refractivity contribution in [3.63, 3.8) is 0 Å². The number of hydrogen-bond acceptors (Lipinski definition) is 3. The molecule has 0 amide bonds. The van der Waals surface area contributed by atoms with Crippen LogP contribution in [0.2, 0.25) is 0 Å². The quantitative estimate of drug-likeness (QED) is 0.159. The number of rotatable bonds is 7. The van der Waals surface area contributed by atoms with Crippen molar-refractivity contribution in [2.75, 3.05) is 4.90 Å². The van der Waals surface area contributed by atoms with Crippen LogP contribution >= 0.6 is 11.3 Å². The van der Waals surface area contributed by atoms with Crippen molar-refractivity contribution in [2.24, 2.45) is 0 Å². The summed E-state index contributed by atoms with van der Waals surface area (Å²) in [5.74, 6) is 0. The van der Waals surface area contributed by atoms with Crippen LogP contribution in [0.25, 0.3) is 103 Å². The number of para-hydroxylation sites is 3. The van der Waals surface area contributed by atoms with Crippen molar-refractivity contribution in [1.82, 2.24) is 4.57 Å². The Kier molecular flexibility index (Phi) is 8.40. The first-order chi connectivity index (χ1) is 31.7. The molecule has 0 fully saturated rings. The van der Waals surface area contributed by atoms with Gasteiger partial charge in [-0.1, -0.05) is 158 Å². The van der Waals surface area contributed by atoms with E-state index >= 15 is 0 Å². The van der Waals surface area contributed by atoms with E-state index in [1.54, 1.807) is 0 Å². The Morgan fingerprint density at radius 2 is 0.969 bits per heavy atom. The molecule has 0 N–H and O–H groups in total. The fraction of sp³-hybridized carbons (Fsp3) is 0. The number of nitrogens with zero attached hydrogens (tertiary/aromatic N) is 2. The van der Waals surface area contributed by atoms with Gasteiger partial charge in [0, 0.05) is 59.0 Å². The molecule has 3 aromatic heterocycles. The minimum atomic E-state index is 0.857. The van der Waals surface area contributed by atoms with E-state index in [2.05, 4.69) is 240 Å². The van der Waals surface area contributed by atoms with Crippen molar-refractivity contribution in [3.8, 4) is 39.1 Å². The van der Waals surface area contributed by atoms with Crippen molar-refractivity contribution < 1.29 is 4.42 Å². The predicted molar refractivity (Wildman–Crippen MR) is 272 cm³/mol. The minimum absolute atomic E-state index is 0.857. The van der Waals surface area contributed by atoms with Crippen LogP contribution in [-0.2, 0) is 0 Å². The number of fused-ring (bicyclic) bond motifs is 9. The van der Waals surface area contributed by atoms with E-state index < -0.39 is 0 Å². The van der Waals surface area contributed by atoms with Gasteiger partial charge in [-0.3, -0.25) is 0 Å². The van der Waals surface area contributed by atoms with Gasteiger partial charge in [0.05, 0.1) is 22.1 Å². The molecule has 13 rings (SSSR count). The smallest absolute Gasteiger partial charge is 0.145 e. The standard InChI is InChI=1S/C60H38N2OS/c1-2-14-39(15-3-1)40-28-32-43(33-29-40)61(44-34-30-41(31-35-44)47-22-13-23-51-50-20-7-11-27-57(50)64-60(47)51)55-37-36-46(59-58(55)52-21-6-10-26-56(52)63-59)42-16-12-17-45(38-42)62-53-24-8-4-18-48(53)49-19-5-9-25-54(49)62/h1-38H. The van der Waals surface area contributed by atoms with E-state index in [1.165, 1.54) is 64.2 Å². The monoisotopic (exact) mass is 834 g/mol. The Labute approximate surface area is 373 Å². The van der Waals surface area contributed by atoms with Crippen LogP contribution in [0, 0.1) is 0 Å². The number of thiophene rings is 1. The van der Waals surface area contributed by atoms with Gasteiger partial charge in [-0.2, -0.15) is 0 Å². The SMILES string of the molecule is c1ccc(-c2ccc(N(c3ccc(-c4cccc5c4sc4ccccc45)cc3)c3ccc(-c4cccc(-n5c6ccccc6c6ccccc65)c4)c4oc5ccccc5c34)cc2)cc1. The minimum Gasteiger partial charge on any atom is -0.455 e. The molecule has 3 heterocycles. The maximum Gasteiger partial charge on any atom is 0.145 e. The first-order valence-corrected chi connectivity index (χ1v) is 22.6. The highest BCUT2D eigenvalue weighted by atomic mass is 32.1. The molecule has 0 saturated heterocycles. The van der Waals surface area contributed by atoms with Crippen LogP contribution in [0.5, 0.6) is 0 Å². The summed E-state index contributed by atoms with van der Waals surface area (Å²) in [6.45, 7) is 0. The van der Waals surface area contributed by atoms with Crippen molar-refractivity contribution in [1.29, 1.82) is 0 Å². The number of furan rings is 1. The molecule has 300 valence electrons. The average molecular weight is 835 g/mol. The molecule has 3 nitrogen and oxygen atoms in total. The molecule has 0 aliphatic rings. The predicted octanol–water partition coefficient (Wildman–Crippen LogP) is 17.5. The lowest BCUT2D eigenvalue weighted by molar-refractivity contribution is 0.670. The molecule has 0 aliphatic carbocycles. The molecule has 13 aromatic rings. The summed E-state index contributed by atoms with van der Waals surface area (Å²) in [4.78, 5) is 2.39. The molecule has 0 unspecified atom stereocenters. The lowest BCUT2D eigenvalue weighted by atomic mass is 9.98. The molecule has 0 atom stereocenters. The summed E-state index contributed by atoms with van der Waals surface area (Å²) in [7, 11) is 0. The van der Waals surface area contributed by atoms with Crippen LogP contribution < -0.4 is 4.90 Å². The summed E-state index contributed by atoms with van der Waals surface area (Å²) in [5, 5.41) is 7.25. The molecule has 0 bridgehead atoms. The Morgan fingerprint density at radius 1 is 0.391 bits per heavy atom. The third-order valence-corrected chi connectivity index (χ3v) is 14.0. The molecule has 0 aliphatic heterocycles. The lowest BCUT2D eigenvalue weighted by Crippen LogP contribution is -2.10. The van der Waals surface area contributed by atoms with E-state index in [9.17, 15) is 0 Å².